The van der Waals surface area contributed by atoms with Gasteiger partial charge in [0.1, 0.15) is 11.7 Å². The lowest BCUT2D eigenvalue weighted by Crippen LogP contribution is -2.45. The summed E-state index contributed by atoms with van der Waals surface area (Å²) in [4.78, 5) is 27.5. The Hall–Kier alpha value is -1.93. The van der Waals surface area contributed by atoms with Crippen molar-refractivity contribution in [3.63, 3.8) is 0 Å². The van der Waals surface area contributed by atoms with Crippen LogP contribution in [0, 0.1) is 0 Å². The summed E-state index contributed by atoms with van der Waals surface area (Å²) in [7, 11) is 1.55. The summed E-state index contributed by atoms with van der Waals surface area (Å²) in [5.74, 6) is -0.660. The van der Waals surface area contributed by atoms with Crippen LogP contribution in [-0.4, -0.2) is 54.2 Å². The van der Waals surface area contributed by atoms with E-state index >= 15 is 0 Å². The fourth-order valence-electron chi connectivity index (χ4n) is 1.51. The molecule has 112 valence electrons. The Morgan fingerprint density at radius 2 is 2.30 bits per heavy atom. The molecule has 0 radical (unpaired) electrons. The van der Waals surface area contributed by atoms with Gasteiger partial charge in [0, 0.05) is 32.9 Å². The third-order valence-corrected chi connectivity index (χ3v) is 2.60. The number of carbonyl (C=O) groups is 2. The molecule has 8 heteroatoms. The Labute approximate surface area is 117 Å². The fourth-order valence-corrected chi connectivity index (χ4v) is 1.51. The van der Waals surface area contributed by atoms with Crippen molar-refractivity contribution in [1.29, 1.82) is 0 Å². The zero-order valence-electron chi connectivity index (χ0n) is 11.8. The van der Waals surface area contributed by atoms with E-state index in [4.69, 9.17) is 10.5 Å². The average Bonchev–Trinajstić information content (AvgIpc) is 2.88. The van der Waals surface area contributed by atoms with Gasteiger partial charge in [0.15, 0.2) is 0 Å². The largest absolute Gasteiger partial charge is 0.383 e. The molecule has 0 saturated carbocycles. The van der Waals surface area contributed by atoms with Crippen LogP contribution in [-0.2, 0) is 16.1 Å². The van der Waals surface area contributed by atoms with Crippen LogP contribution in [0.15, 0.2) is 12.5 Å². The number of rotatable bonds is 8. The van der Waals surface area contributed by atoms with E-state index in [0.29, 0.717) is 26.2 Å². The molecule has 8 nitrogen and oxygen atoms in total. The molecule has 20 heavy (non-hydrogen) atoms. The van der Waals surface area contributed by atoms with E-state index in [2.05, 4.69) is 15.6 Å². The highest BCUT2D eigenvalue weighted by Gasteiger charge is 2.17. The monoisotopic (exact) mass is 283 g/mol. The molecule has 0 aromatic carbocycles. The molecule has 0 fully saturated rings. The normalized spacial score (nSPS) is 11.9. The highest BCUT2D eigenvalue weighted by atomic mass is 16.5. The summed E-state index contributed by atoms with van der Waals surface area (Å²) in [6.45, 7) is 3.50. The number of carbonyl (C=O) groups excluding carboxylic acids is 2. The molecule has 0 aliphatic rings. The van der Waals surface area contributed by atoms with Crippen LogP contribution in [0.25, 0.3) is 0 Å². The summed E-state index contributed by atoms with van der Waals surface area (Å²) < 4.78 is 6.54. The van der Waals surface area contributed by atoms with Gasteiger partial charge in [-0.15, -0.1) is 0 Å². The van der Waals surface area contributed by atoms with Crippen molar-refractivity contribution in [1.82, 2.24) is 20.2 Å². The van der Waals surface area contributed by atoms with Gasteiger partial charge in [-0.2, -0.15) is 0 Å². The first-order chi connectivity index (χ1) is 9.58. The molecule has 1 aromatic heterocycles. The summed E-state index contributed by atoms with van der Waals surface area (Å²) in [6, 6.07) is -0.640. The Morgan fingerprint density at radius 1 is 1.55 bits per heavy atom. The van der Waals surface area contributed by atoms with Gasteiger partial charge in [0.25, 0.3) is 5.91 Å². The lowest BCUT2D eigenvalue weighted by Gasteiger charge is -2.13. The molecule has 1 aromatic rings. The molecule has 0 spiro atoms. The van der Waals surface area contributed by atoms with Crippen molar-refractivity contribution in [2.75, 3.05) is 26.8 Å². The number of amides is 2. The number of aromatic nitrogens is 2. The molecular formula is C12H21N5O3. The van der Waals surface area contributed by atoms with E-state index in [1.807, 2.05) is 0 Å². The van der Waals surface area contributed by atoms with Gasteiger partial charge in [-0.3, -0.25) is 9.59 Å². The average molecular weight is 283 g/mol. The topological polar surface area (TPSA) is 111 Å². The van der Waals surface area contributed by atoms with Crippen molar-refractivity contribution in [3.8, 4) is 0 Å². The van der Waals surface area contributed by atoms with Gasteiger partial charge < -0.3 is 25.7 Å². The van der Waals surface area contributed by atoms with Crippen LogP contribution in [0.3, 0.4) is 0 Å². The van der Waals surface area contributed by atoms with Gasteiger partial charge in [-0.05, 0) is 6.92 Å². The number of methoxy groups -OCH3 is 1. The SMILES string of the molecule is COCCNC(=O)C(C)NC(=O)c1cn(CCN)cn1. The number of nitrogens with two attached hydrogens (primary N) is 1. The van der Waals surface area contributed by atoms with Crippen LogP contribution in [0.1, 0.15) is 17.4 Å². The number of imidazole rings is 1. The molecule has 1 rings (SSSR count). The zero-order valence-corrected chi connectivity index (χ0v) is 11.8. The van der Waals surface area contributed by atoms with Crippen molar-refractivity contribution in [3.05, 3.63) is 18.2 Å². The minimum Gasteiger partial charge on any atom is -0.383 e. The van der Waals surface area contributed by atoms with Crippen LogP contribution in [0.4, 0.5) is 0 Å². The minimum atomic E-state index is -0.640. The smallest absolute Gasteiger partial charge is 0.272 e. The van der Waals surface area contributed by atoms with E-state index in [0.717, 1.165) is 0 Å². The summed E-state index contributed by atoms with van der Waals surface area (Å²) >= 11 is 0. The maximum absolute atomic E-state index is 11.9. The zero-order chi connectivity index (χ0) is 15.0. The lowest BCUT2D eigenvalue weighted by atomic mass is 10.3. The van der Waals surface area contributed by atoms with E-state index in [9.17, 15) is 9.59 Å². The summed E-state index contributed by atoms with van der Waals surface area (Å²) in [6.07, 6.45) is 3.13. The second-order valence-electron chi connectivity index (χ2n) is 4.26. The molecule has 0 bridgehead atoms. The molecule has 0 aliphatic heterocycles. The third kappa shape index (κ3) is 4.98. The van der Waals surface area contributed by atoms with Gasteiger partial charge in [-0.25, -0.2) is 4.98 Å². The predicted octanol–water partition coefficient (Wildman–Crippen LogP) is -1.28. The van der Waals surface area contributed by atoms with Crippen molar-refractivity contribution >= 4 is 11.8 Å². The number of nitrogens with zero attached hydrogens (tertiary/aromatic N) is 2. The number of hydrogen-bond acceptors (Lipinski definition) is 5. The number of ether oxygens (including phenoxy) is 1. The molecule has 1 heterocycles. The first kappa shape index (κ1) is 16.1. The summed E-state index contributed by atoms with van der Waals surface area (Å²) in [5, 5.41) is 5.22. The van der Waals surface area contributed by atoms with E-state index in [1.54, 1.807) is 24.8 Å². The first-order valence-corrected chi connectivity index (χ1v) is 6.37. The van der Waals surface area contributed by atoms with Gasteiger partial charge in [0.05, 0.1) is 12.9 Å². The summed E-state index contributed by atoms with van der Waals surface area (Å²) in [5.41, 5.74) is 5.67. The maximum atomic E-state index is 11.9. The number of nitrogens with one attached hydrogen (secondary N) is 2. The lowest BCUT2D eigenvalue weighted by molar-refractivity contribution is -0.122. The highest BCUT2D eigenvalue weighted by molar-refractivity contribution is 5.95. The molecule has 4 N–H and O–H groups in total. The van der Waals surface area contributed by atoms with E-state index in [1.165, 1.54) is 6.33 Å². The maximum Gasteiger partial charge on any atom is 0.272 e. The molecule has 0 aliphatic carbocycles. The Kier molecular flexibility index (Phi) is 6.68. The Morgan fingerprint density at radius 3 is 2.95 bits per heavy atom. The second kappa shape index (κ2) is 8.28. The molecule has 2 amide bonds. The van der Waals surface area contributed by atoms with E-state index in [-0.39, 0.29) is 11.6 Å². The molecule has 1 unspecified atom stereocenters. The standard InChI is InChI=1S/C12H21N5O3/c1-9(11(18)14-4-6-20-2)16-12(19)10-7-17(5-3-13)8-15-10/h7-9H,3-6,13H2,1-2H3,(H,14,18)(H,16,19). The predicted molar refractivity (Wildman–Crippen MR) is 73.1 cm³/mol. The van der Waals surface area contributed by atoms with Crippen molar-refractivity contribution < 1.29 is 14.3 Å². The Bertz CT molecular complexity index is 446. The molecule has 1 atom stereocenters. The molecular weight excluding hydrogens is 262 g/mol. The molecule has 0 saturated heterocycles. The quantitative estimate of drug-likeness (QED) is 0.515. The van der Waals surface area contributed by atoms with E-state index < -0.39 is 11.9 Å². The van der Waals surface area contributed by atoms with Gasteiger partial charge >= 0.3 is 0 Å². The second-order valence-corrected chi connectivity index (χ2v) is 4.26. The van der Waals surface area contributed by atoms with Gasteiger partial charge in [0.2, 0.25) is 5.91 Å². The van der Waals surface area contributed by atoms with Crippen LogP contribution < -0.4 is 16.4 Å². The first-order valence-electron chi connectivity index (χ1n) is 6.37. The fraction of sp³-hybridized carbons (Fsp3) is 0.583. The van der Waals surface area contributed by atoms with Gasteiger partial charge in [-0.1, -0.05) is 0 Å². The third-order valence-electron chi connectivity index (χ3n) is 2.60. The highest BCUT2D eigenvalue weighted by Crippen LogP contribution is 1.97. The number of hydrogen-bond donors (Lipinski definition) is 3. The Balaban J connectivity index is 2.45. The minimum absolute atomic E-state index is 0.259. The van der Waals surface area contributed by atoms with Crippen LogP contribution >= 0.6 is 0 Å². The van der Waals surface area contributed by atoms with Crippen molar-refractivity contribution in [2.45, 2.75) is 19.5 Å². The van der Waals surface area contributed by atoms with Crippen LogP contribution in [0.2, 0.25) is 0 Å². The van der Waals surface area contributed by atoms with Crippen molar-refractivity contribution in [2.24, 2.45) is 5.73 Å². The van der Waals surface area contributed by atoms with Crippen LogP contribution in [0.5, 0.6) is 0 Å².